The third-order valence-electron chi connectivity index (χ3n) is 3.20. The van der Waals surface area contributed by atoms with Crippen molar-refractivity contribution in [3.8, 4) is 5.75 Å². The first kappa shape index (κ1) is 13.9. The summed E-state index contributed by atoms with van der Waals surface area (Å²) in [6.07, 6.45) is 3.09. The number of ether oxygens (including phenoxy) is 2. The Bertz CT molecular complexity index is 457. The van der Waals surface area contributed by atoms with Crippen LogP contribution in [0, 0.1) is 0 Å². The molecule has 0 radical (unpaired) electrons. The fourth-order valence-corrected chi connectivity index (χ4v) is 2.34. The van der Waals surface area contributed by atoms with E-state index >= 15 is 0 Å². The van der Waals surface area contributed by atoms with Gasteiger partial charge in [-0.3, -0.25) is 0 Å². The molecule has 104 valence electrons. The standard InChI is InChI=1S/C15H21NO3/c1-10(2)19-15(17)9-18-12-7-6-11-4-3-5-14(16)13(11)8-12/h6-8,10,14H,3-5,9,16H2,1-2H3/t14-/m1/s1. The van der Waals surface area contributed by atoms with Gasteiger partial charge >= 0.3 is 5.97 Å². The molecule has 4 nitrogen and oxygen atoms in total. The summed E-state index contributed by atoms with van der Waals surface area (Å²) in [5.41, 5.74) is 8.52. The van der Waals surface area contributed by atoms with Crippen molar-refractivity contribution >= 4 is 5.97 Å². The van der Waals surface area contributed by atoms with Crippen LogP contribution in [0.4, 0.5) is 0 Å². The molecule has 1 atom stereocenters. The van der Waals surface area contributed by atoms with Crippen LogP contribution in [0.2, 0.25) is 0 Å². The summed E-state index contributed by atoms with van der Waals surface area (Å²) in [6, 6.07) is 5.95. The Morgan fingerprint density at radius 2 is 2.26 bits per heavy atom. The monoisotopic (exact) mass is 263 g/mol. The molecule has 1 aromatic rings. The van der Waals surface area contributed by atoms with Crippen LogP contribution in [0.15, 0.2) is 18.2 Å². The second-order valence-corrected chi connectivity index (χ2v) is 5.19. The number of aryl methyl sites for hydroxylation is 1. The number of hydrogen-bond acceptors (Lipinski definition) is 4. The molecule has 2 N–H and O–H groups in total. The van der Waals surface area contributed by atoms with E-state index in [1.54, 1.807) is 0 Å². The Kier molecular flexibility index (Phi) is 4.43. The van der Waals surface area contributed by atoms with Gasteiger partial charge in [-0.1, -0.05) is 6.07 Å². The summed E-state index contributed by atoms with van der Waals surface area (Å²) in [5.74, 6) is 0.328. The Hall–Kier alpha value is -1.55. The number of rotatable bonds is 4. The smallest absolute Gasteiger partial charge is 0.344 e. The first-order chi connectivity index (χ1) is 9.06. The van der Waals surface area contributed by atoms with Gasteiger partial charge in [0.05, 0.1) is 6.10 Å². The number of esters is 1. The van der Waals surface area contributed by atoms with Crippen molar-refractivity contribution in [3.05, 3.63) is 29.3 Å². The van der Waals surface area contributed by atoms with Gasteiger partial charge in [-0.2, -0.15) is 0 Å². The third-order valence-corrected chi connectivity index (χ3v) is 3.20. The summed E-state index contributed by atoms with van der Waals surface area (Å²) in [7, 11) is 0. The zero-order valence-electron chi connectivity index (χ0n) is 11.5. The number of benzene rings is 1. The normalized spacial score (nSPS) is 18.0. The van der Waals surface area contributed by atoms with E-state index in [9.17, 15) is 4.79 Å². The maximum absolute atomic E-state index is 11.4. The summed E-state index contributed by atoms with van der Waals surface area (Å²) in [4.78, 5) is 11.4. The molecule has 0 fully saturated rings. The molecule has 1 aliphatic rings. The van der Waals surface area contributed by atoms with Crippen LogP contribution in [0.1, 0.15) is 43.9 Å². The highest BCUT2D eigenvalue weighted by Gasteiger charge is 2.17. The number of fused-ring (bicyclic) bond motifs is 1. The van der Waals surface area contributed by atoms with Crippen LogP contribution < -0.4 is 10.5 Å². The summed E-state index contributed by atoms with van der Waals surface area (Å²) < 4.78 is 10.5. The number of carbonyl (C=O) groups is 1. The predicted octanol–water partition coefficient (Wildman–Crippen LogP) is 2.35. The number of nitrogens with two attached hydrogens (primary N) is 1. The highest BCUT2D eigenvalue weighted by Crippen LogP contribution is 2.30. The van der Waals surface area contributed by atoms with Crippen LogP contribution in [0.5, 0.6) is 5.75 Å². The lowest BCUT2D eigenvalue weighted by Gasteiger charge is -2.22. The molecule has 2 rings (SSSR count). The fraction of sp³-hybridized carbons (Fsp3) is 0.533. The molecular weight excluding hydrogens is 242 g/mol. The van der Waals surface area contributed by atoms with Crippen molar-refractivity contribution in [2.45, 2.75) is 45.3 Å². The zero-order valence-corrected chi connectivity index (χ0v) is 11.5. The molecule has 0 bridgehead atoms. The van der Waals surface area contributed by atoms with E-state index in [1.165, 1.54) is 5.56 Å². The molecule has 0 saturated heterocycles. The van der Waals surface area contributed by atoms with Crippen LogP contribution in [-0.4, -0.2) is 18.7 Å². The van der Waals surface area contributed by atoms with Gasteiger partial charge in [-0.15, -0.1) is 0 Å². The molecule has 1 aliphatic carbocycles. The molecule has 0 amide bonds. The minimum atomic E-state index is -0.350. The van der Waals surface area contributed by atoms with Gasteiger partial charge in [0.15, 0.2) is 6.61 Å². The van der Waals surface area contributed by atoms with Crippen molar-refractivity contribution < 1.29 is 14.3 Å². The Morgan fingerprint density at radius 3 is 3.00 bits per heavy atom. The van der Waals surface area contributed by atoms with Gasteiger partial charge < -0.3 is 15.2 Å². The van der Waals surface area contributed by atoms with Gasteiger partial charge in [-0.25, -0.2) is 4.79 Å². The minimum absolute atomic E-state index is 0.0633. The zero-order chi connectivity index (χ0) is 13.8. The van der Waals surface area contributed by atoms with Crippen LogP contribution in [0.3, 0.4) is 0 Å². The van der Waals surface area contributed by atoms with E-state index in [-0.39, 0.29) is 24.7 Å². The summed E-state index contributed by atoms with van der Waals surface area (Å²) >= 11 is 0. The quantitative estimate of drug-likeness (QED) is 0.847. The van der Waals surface area contributed by atoms with Crippen molar-refractivity contribution in [1.82, 2.24) is 0 Å². The topological polar surface area (TPSA) is 61.5 Å². The van der Waals surface area contributed by atoms with E-state index in [0.717, 1.165) is 24.8 Å². The molecular formula is C15H21NO3. The van der Waals surface area contributed by atoms with Gasteiger partial charge in [-0.05, 0) is 56.4 Å². The van der Waals surface area contributed by atoms with E-state index in [1.807, 2.05) is 32.0 Å². The lowest BCUT2D eigenvalue weighted by Crippen LogP contribution is -2.20. The molecule has 0 saturated carbocycles. The highest BCUT2D eigenvalue weighted by molar-refractivity contribution is 5.71. The van der Waals surface area contributed by atoms with Crippen LogP contribution in [0.25, 0.3) is 0 Å². The van der Waals surface area contributed by atoms with E-state index in [4.69, 9.17) is 15.2 Å². The lowest BCUT2D eigenvalue weighted by atomic mass is 9.88. The van der Waals surface area contributed by atoms with Crippen LogP contribution in [-0.2, 0) is 16.0 Å². The minimum Gasteiger partial charge on any atom is -0.482 e. The SMILES string of the molecule is CC(C)OC(=O)COc1ccc2c(c1)[C@H](N)CCC2. The van der Waals surface area contributed by atoms with Gasteiger partial charge in [0, 0.05) is 6.04 Å². The molecule has 0 heterocycles. The van der Waals surface area contributed by atoms with Gasteiger partial charge in [0.2, 0.25) is 0 Å². The van der Waals surface area contributed by atoms with Gasteiger partial charge in [0.1, 0.15) is 5.75 Å². The second kappa shape index (κ2) is 6.06. The molecule has 0 spiro atoms. The van der Waals surface area contributed by atoms with E-state index < -0.39 is 0 Å². The fourth-order valence-electron chi connectivity index (χ4n) is 2.34. The van der Waals surface area contributed by atoms with Crippen LogP contribution >= 0.6 is 0 Å². The molecule has 0 aromatic heterocycles. The first-order valence-corrected chi connectivity index (χ1v) is 6.77. The summed E-state index contributed by atoms with van der Waals surface area (Å²) in [6.45, 7) is 3.57. The first-order valence-electron chi connectivity index (χ1n) is 6.77. The number of carbonyl (C=O) groups excluding carboxylic acids is 1. The predicted molar refractivity (Wildman–Crippen MR) is 73.0 cm³/mol. The average molecular weight is 263 g/mol. The highest BCUT2D eigenvalue weighted by atomic mass is 16.6. The molecule has 1 aromatic carbocycles. The van der Waals surface area contributed by atoms with Crippen molar-refractivity contribution in [1.29, 1.82) is 0 Å². The Morgan fingerprint density at radius 1 is 1.47 bits per heavy atom. The Labute approximate surface area is 113 Å². The van der Waals surface area contributed by atoms with Crippen molar-refractivity contribution in [2.75, 3.05) is 6.61 Å². The molecule has 19 heavy (non-hydrogen) atoms. The second-order valence-electron chi connectivity index (χ2n) is 5.19. The van der Waals surface area contributed by atoms with Crippen molar-refractivity contribution in [2.24, 2.45) is 5.73 Å². The van der Waals surface area contributed by atoms with Crippen molar-refractivity contribution in [3.63, 3.8) is 0 Å². The number of hydrogen-bond donors (Lipinski definition) is 1. The lowest BCUT2D eigenvalue weighted by molar-refractivity contribution is -0.149. The third kappa shape index (κ3) is 3.70. The average Bonchev–Trinajstić information content (AvgIpc) is 2.36. The molecule has 0 unspecified atom stereocenters. The maximum atomic E-state index is 11.4. The largest absolute Gasteiger partial charge is 0.482 e. The maximum Gasteiger partial charge on any atom is 0.344 e. The molecule has 4 heteroatoms. The van der Waals surface area contributed by atoms with E-state index in [0.29, 0.717) is 5.75 Å². The van der Waals surface area contributed by atoms with E-state index in [2.05, 4.69) is 0 Å². The summed E-state index contributed by atoms with van der Waals surface area (Å²) in [5, 5.41) is 0. The van der Waals surface area contributed by atoms with Gasteiger partial charge in [0.25, 0.3) is 0 Å². The molecule has 0 aliphatic heterocycles. The Balaban J connectivity index is 1.98.